The summed E-state index contributed by atoms with van der Waals surface area (Å²) in [5, 5.41) is 3.56. The molecule has 22 heavy (non-hydrogen) atoms. The Morgan fingerprint density at radius 3 is 2.82 bits per heavy atom. The summed E-state index contributed by atoms with van der Waals surface area (Å²) >= 11 is 0. The molecule has 0 N–H and O–H groups in total. The van der Waals surface area contributed by atoms with Crippen LogP contribution in [0, 0.1) is 11.8 Å². The summed E-state index contributed by atoms with van der Waals surface area (Å²) in [6.07, 6.45) is 3.81. The fourth-order valence-corrected chi connectivity index (χ4v) is 3.21. The number of hydrogen-bond acceptors (Lipinski definition) is 4. The van der Waals surface area contributed by atoms with E-state index in [-0.39, 0.29) is 18.4 Å². The molecule has 1 aromatic rings. The number of rotatable bonds is 5. The summed E-state index contributed by atoms with van der Waals surface area (Å²) < 4.78 is 4.83. The van der Waals surface area contributed by atoms with Crippen LogP contribution in [0.3, 0.4) is 0 Å². The van der Waals surface area contributed by atoms with E-state index in [1.165, 1.54) is 7.11 Å². The molecule has 2 rings (SSSR count). The van der Waals surface area contributed by atoms with Crippen molar-refractivity contribution in [3.05, 3.63) is 40.0 Å². The molecule has 0 amide bonds. The molecule has 6 heteroatoms. The van der Waals surface area contributed by atoms with Gasteiger partial charge in [-0.1, -0.05) is 18.1 Å². The maximum atomic E-state index is 11.6. The zero-order valence-corrected chi connectivity index (χ0v) is 13.1. The van der Waals surface area contributed by atoms with Crippen LogP contribution in [0.25, 0.3) is 10.4 Å². The zero-order valence-electron chi connectivity index (χ0n) is 13.1. The number of carbonyl (C=O) groups excluding carboxylic acids is 1. The van der Waals surface area contributed by atoms with E-state index >= 15 is 0 Å². The Morgan fingerprint density at radius 1 is 1.45 bits per heavy atom. The van der Waals surface area contributed by atoms with Crippen molar-refractivity contribution in [3.63, 3.8) is 0 Å². The van der Waals surface area contributed by atoms with Crippen molar-refractivity contribution in [2.24, 2.45) is 17.0 Å². The van der Waals surface area contributed by atoms with Crippen LogP contribution in [0.2, 0.25) is 0 Å². The van der Waals surface area contributed by atoms with Gasteiger partial charge in [0, 0.05) is 22.2 Å². The van der Waals surface area contributed by atoms with Gasteiger partial charge in [-0.25, -0.2) is 0 Å². The Kier molecular flexibility index (Phi) is 5.78. The molecule has 1 heterocycles. The van der Waals surface area contributed by atoms with E-state index in [9.17, 15) is 4.79 Å². The van der Waals surface area contributed by atoms with E-state index in [0.717, 1.165) is 37.1 Å². The van der Waals surface area contributed by atoms with Crippen LogP contribution >= 0.6 is 0 Å². The first-order chi connectivity index (χ1) is 10.7. The molecule has 1 atom stereocenters. The van der Waals surface area contributed by atoms with Crippen molar-refractivity contribution in [3.8, 4) is 0 Å². The van der Waals surface area contributed by atoms with Gasteiger partial charge in [0.2, 0.25) is 0 Å². The van der Waals surface area contributed by atoms with Gasteiger partial charge in [0.05, 0.1) is 19.6 Å². The van der Waals surface area contributed by atoms with Crippen LogP contribution in [0.1, 0.15) is 49.9 Å². The van der Waals surface area contributed by atoms with Gasteiger partial charge >= 0.3 is 5.97 Å². The maximum Gasteiger partial charge on any atom is 0.308 e. The molecule has 1 aliphatic rings. The summed E-state index contributed by atoms with van der Waals surface area (Å²) in [5.41, 5.74) is 10.2. The second-order valence-electron chi connectivity index (χ2n) is 5.87. The lowest BCUT2D eigenvalue weighted by Gasteiger charge is -2.31. The van der Waals surface area contributed by atoms with Gasteiger partial charge in [0.1, 0.15) is 0 Å². The van der Waals surface area contributed by atoms with Crippen molar-refractivity contribution in [1.82, 2.24) is 4.98 Å². The Bertz CT molecular complexity index is 561. The third-order valence-electron chi connectivity index (χ3n) is 4.60. The SMILES string of the molecule is COC(=O)[C@H]1CC[C@H]([C@H](C)c2cccc(CN=[N+]=[N-])n2)CC1. The molecule has 0 radical (unpaired) electrons. The molecular weight excluding hydrogens is 280 g/mol. The average Bonchev–Trinajstić information content (AvgIpc) is 2.59. The number of nitrogens with zero attached hydrogens (tertiary/aromatic N) is 4. The van der Waals surface area contributed by atoms with Crippen molar-refractivity contribution in [1.29, 1.82) is 0 Å². The molecule has 0 spiro atoms. The summed E-state index contributed by atoms with van der Waals surface area (Å²) in [5.74, 6) is 0.839. The number of esters is 1. The number of carbonyl (C=O) groups is 1. The number of pyridine rings is 1. The quantitative estimate of drug-likeness (QED) is 0.357. The molecule has 1 aromatic heterocycles. The molecular formula is C16H22N4O2. The van der Waals surface area contributed by atoms with E-state index in [1.54, 1.807) is 0 Å². The number of azide groups is 1. The van der Waals surface area contributed by atoms with Gasteiger partial charge in [-0.2, -0.15) is 0 Å². The molecule has 6 nitrogen and oxygen atoms in total. The van der Waals surface area contributed by atoms with Crippen LogP contribution in [0.4, 0.5) is 0 Å². The van der Waals surface area contributed by atoms with Gasteiger partial charge in [0.25, 0.3) is 0 Å². The predicted octanol–water partition coefficient (Wildman–Crippen LogP) is 3.97. The lowest BCUT2D eigenvalue weighted by atomic mass is 9.75. The summed E-state index contributed by atoms with van der Waals surface area (Å²) in [6.45, 7) is 2.47. The number of aromatic nitrogens is 1. The Morgan fingerprint density at radius 2 is 2.18 bits per heavy atom. The third-order valence-corrected chi connectivity index (χ3v) is 4.60. The predicted molar refractivity (Wildman–Crippen MR) is 83.0 cm³/mol. The first-order valence-electron chi connectivity index (χ1n) is 7.70. The van der Waals surface area contributed by atoms with Gasteiger partial charge in [-0.3, -0.25) is 9.78 Å². The molecule has 0 saturated heterocycles. The highest BCUT2D eigenvalue weighted by atomic mass is 16.5. The minimum absolute atomic E-state index is 0.0534. The molecule has 0 unspecified atom stereocenters. The summed E-state index contributed by atoms with van der Waals surface area (Å²) in [6, 6.07) is 5.86. The van der Waals surface area contributed by atoms with Crippen LogP contribution in [-0.4, -0.2) is 18.1 Å². The second-order valence-corrected chi connectivity index (χ2v) is 5.87. The smallest absolute Gasteiger partial charge is 0.308 e. The lowest BCUT2D eigenvalue weighted by molar-refractivity contribution is -0.146. The largest absolute Gasteiger partial charge is 0.469 e. The normalized spacial score (nSPS) is 22.5. The fourth-order valence-electron chi connectivity index (χ4n) is 3.21. The highest BCUT2D eigenvalue weighted by Crippen LogP contribution is 2.37. The molecule has 1 fully saturated rings. The molecule has 0 aromatic carbocycles. The van der Waals surface area contributed by atoms with Crippen molar-refractivity contribution >= 4 is 5.97 Å². The zero-order chi connectivity index (χ0) is 15.9. The van der Waals surface area contributed by atoms with Crippen LogP contribution < -0.4 is 0 Å². The highest BCUT2D eigenvalue weighted by Gasteiger charge is 2.30. The van der Waals surface area contributed by atoms with Crippen molar-refractivity contribution in [2.75, 3.05) is 7.11 Å². The first-order valence-corrected chi connectivity index (χ1v) is 7.70. The van der Waals surface area contributed by atoms with Gasteiger partial charge in [-0.05, 0) is 49.3 Å². The molecule has 1 saturated carbocycles. The summed E-state index contributed by atoms with van der Waals surface area (Å²) in [7, 11) is 1.45. The van der Waals surface area contributed by atoms with E-state index in [0.29, 0.717) is 11.8 Å². The fraction of sp³-hybridized carbons (Fsp3) is 0.625. The van der Waals surface area contributed by atoms with Crippen molar-refractivity contribution in [2.45, 2.75) is 45.1 Å². The minimum Gasteiger partial charge on any atom is -0.469 e. The average molecular weight is 302 g/mol. The number of ether oxygens (including phenoxy) is 1. The molecule has 118 valence electrons. The Hall–Kier alpha value is -2.07. The minimum atomic E-state index is -0.0828. The topological polar surface area (TPSA) is 88.0 Å². The van der Waals surface area contributed by atoms with Gasteiger partial charge in [0.15, 0.2) is 0 Å². The molecule has 0 bridgehead atoms. The van der Waals surface area contributed by atoms with E-state index < -0.39 is 0 Å². The summed E-state index contributed by atoms with van der Waals surface area (Å²) in [4.78, 5) is 19.0. The third kappa shape index (κ3) is 3.98. The maximum absolute atomic E-state index is 11.6. The van der Waals surface area contributed by atoms with Crippen LogP contribution in [0.5, 0.6) is 0 Å². The lowest BCUT2D eigenvalue weighted by Crippen LogP contribution is -2.25. The standard InChI is InChI=1S/C16H22N4O2/c1-11(12-6-8-13(9-7-12)16(21)22-2)15-5-3-4-14(19-15)10-18-20-17/h3-5,11-13H,6-10H2,1-2H3/t11-,12-,13-/m0/s1. The van der Waals surface area contributed by atoms with Crippen LogP contribution in [-0.2, 0) is 16.1 Å². The monoisotopic (exact) mass is 302 g/mol. The van der Waals surface area contributed by atoms with Gasteiger partial charge in [-0.15, -0.1) is 0 Å². The van der Waals surface area contributed by atoms with E-state index in [4.69, 9.17) is 10.3 Å². The van der Waals surface area contributed by atoms with Gasteiger partial charge < -0.3 is 4.74 Å². The second kappa shape index (κ2) is 7.80. The Labute approximate surface area is 130 Å². The first kappa shape index (κ1) is 16.3. The molecule has 1 aliphatic carbocycles. The highest BCUT2D eigenvalue weighted by molar-refractivity contribution is 5.72. The Balaban J connectivity index is 1.99. The van der Waals surface area contributed by atoms with E-state index in [2.05, 4.69) is 21.9 Å². The van der Waals surface area contributed by atoms with E-state index in [1.807, 2.05) is 18.2 Å². The number of methoxy groups -OCH3 is 1. The van der Waals surface area contributed by atoms with Crippen LogP contribution in [0.15, 0.2) is 23.3 Å². The number of hydrogen-bond donors (Lipinski definition) is 0. The van der Waals surface area contributed by atoms with Crippen molar-refractivity contribution < 1.29 is 9.53 Å². The molecule has 0 aliphatic heterocycles.